The average molecular weight is 479 g/mol. The summed E-state index contributed by atoms with van der Waals surface area (Å²) in [7, 11) is -3.46. The number of halogens is 1. The molecular weight excluding hydrogens is 454 g/mol. The minimum Gasteiger partial charge on any atom is -0.325 e. The van der Waals surface area contributed by atoms with Crippen molar-refractivity contribution in [1.82, 2.24) is 4.31 Å². The SMILES string of the molecule is Cc1ccc(NC(=O)C[NH+]2CCN(S(=O)(=O)/C=C/c3ccccc3)CC2)c(Br)c1. The first-order valence-electron chi connectivity index (χ1n) is 9.46. The van der Waals surface area contributed by atoms with Crippen LogP contribution in [-0.2, 0) is 14.8 Å². The van der Waals surface area contributed by atoms with E-state index in [1.165, 1.54) is 9.71 Å². The van der Waals surface area contributed by atoms with E-state index in [2.05, 4.69) is 21.2 Å². The highest BCUT2D eigenvalue weighted by atomic mass is 79.9. The number of aryl methyl sites for hydroxylation is 1. The predicted molar refractivity (Wildman–Crippen MR) is 119 cm³/mol. The molecule has 2 N–H and O–H groups in total. The van der Waals surface area contributed by atoms with Crippen molar-refractivity contribution in [2.24, 2.45) is 0 Å². The van der Waals surface area contributed by atoms with Crippen LogP contribution in [0.15, 0.2) is 58.4 Å². The molecule has 0 atom stereocenters. The quantitative estimate of drug-likeness (QED) is 0.665. The molecule has 29 heavy (non-hydrogen) atoms. The lowest BCUT2D eigenvalue weighted by molar-refractivity contribution is -0.895. The molecule has 0 radical (unpaired) electrons. The van der Waals surface area contributed by atoms with Gasteiger partial charge in [-0.05, 0) is 52.2 Å². The fraction of sp³-hybridized carbons (Fsp3) is 0.286. The van der Waals surface area contributed by atoms with Crippen LogP contribution in [0.5, 0.6) is 0 Å². The van der Waals surface area contributed by atoms with E-state index in [9.17, 15) is 13.2 Å². The minimum absolute atomic E-state index is 0.0789. The first-order valence-corrected chi connectivity index (χ1v) is 11.8. The number of hydrogen-bond acceptors (Lipinski definition) is 3. The molecule has 1 saturated heterocycles. The number of carbonyl (C=O) groups is 1. The van der Waals surface area contributed by atoms with Crippen LogP contribution in [0.4, 0.5) is 5.69 Å². The Balaban J connectivity index is 1.50. The van der Waals surface area contributed by atoms with Crippen LogP contribution in [0.1, 0.15) is 11.1 Å². The average Bonchev–Trinajstić information content (AvgIpc) is 2.70. The molecule has 1 fully saturated rings. The summed E-state index contributed by atoms with van der Waals surface area (Å²) in [5, 5.41) is 4.17. The van der Waals surface area contributed by atoms with Gasteiger partial charge in [0.15, 0.2) is 6.54 Å². The number of quaternary nitrogens is 1. The summed E-state index contributed by atoms with van der Waals surface area (Å²) >= 11 is 3.46. The third kappa shape index (κ3) is 6.24. The highest BCUT2D eigenvalue weighted by Gasteiger charge is 2.28. The first kappa shape index (κ1) is 21.7. The van der Waals surface area contributed by atoms with Crippen LogP contribution < -0.4 is 10.2 Å². The van der Waals surface area contributed by atoms with E-state index in [0.717, 1.165) is 26.2 Å². The van der Waals surface area contributed by atoms with E-state index in [-0.39, 0.29) is 5.91 Å². The number of nitrogens with zero attached hydrogens (tertiary/aromatic N) is 1. The molecule has 8 heteroatoms. The molecule has 0 aromatic heterocycles. The van der Waals surface area contributed by atoms with Gasteiger partial charge in [0.05, 0.1) is 31.9 Å². The van der Waals surface area contributed by atoms with Crippen LogP contribution >= 0.6 is 15.9 Å². The molecule has 3 rings (SSSR count). The van der Waals surface area contributed by atoms with Crippen molar-refractivity contribution in [3.63, 3.8) is 0 Å². The summed E-state index contributed by atoms with van der Waals surface area (Å²) in [5.74, 6) is -0.0789. The van der Waals surface area contributed by atoms with Crippen LogP contribution in [0.3, 0.4) is 0 Å². The lowest BCUT2D eigenvalue weighted by Crippen LogP contribution is -3.15. The number of anilines is 1. The molecule has 1 aliphatic rings. The molecule has 0 aliphatic carbocycles. The Morgan fingerprint density at radius 2 is 1.86 bits per heavy atom. The number of carbonyl (C=O) groups excluding carboxylic acids is 1. The van der Waals surface area contributed by atoms with Gasteiger partial charge in [-0.15, -0.1) is 0 Å². The Kier molecular flexibility index (Phi) is 7.23. The normalized spacial score (nSPS) is 16.2. The van der Waals surface area contributed by atoms with Crippen molar-refractivity contribution in [3.8, 4) is 0 Å². The maximum absolute atomic E-state index is 12.5. The van der Waals surface area contributed by atoms with Crippen molar-refractivity contribution < 1.29 is 18.1 Å². The van der Waals surface area contributed by atoms with Crippen molar-refractivity contribution in [1.29, 1.82) is 0 Å². The van der Waals surface area contributed by atoms with Gasteiger partial charge in [-0.3, -0.25) is 4.79 Å². The van der Waals surface area contributed by atoms with Crippen molar-refractivity contribution in [2.75, 3.05) is 38.0 Å². The number of rotatable bonds is 6. The van der Waals surface area contributed by atoms with Gasteiger partial charge in [-0.1, -0.05) is 36.4 Å². The number of benzene rings is 2. The smallest absolute Gasteiger partial charge is 0.279 e. The van der Waals surface area contributed by atoms with Gasteiger partial charge in [0.25, 0.3) is 5.91 Å². The Bertz CT molecular complexity index is 985. The number of hydrogen-bond donors (Lipinski definition) is 2. The molecule has 0 saturated carbocycles. The number of amides is 1. The molecule has 2 aromatic rings. The van der Waals surface area contributed by atoms with Crippen molar-refractivity contribution >= 4 is 43.6 Å². The monoisotopic (exact) mass is 478 g/mol. The fourth-order valence-corrected chi connectivity index (χ4v) is 4.98. The third-order valence-electron chi connectivity index (χ3n) is 4.83. The van der Waals surface area contributed by atoms with Gasteiger partial charge in [-0.25, -0.2) is 8.42 Å². The van der Waals surface area contributed by atoms with Gasteiger partial charge < -0.3 is 10.2 Å². The van der Waals surface area contributed by atoms with Gasteiger partial charge >= 0.3 is 0 Å². The Hall–Kier alpha value is -2.00. The highest BCUT2D eigenvalue weighted by molar-refractivity contribution is 9.10. The van der Waals surface area contributed by atoms with Gasteiger partial charge in [0, 0.05) is 9.88 Å². The Morgan fingerprint density at radius 1 is 1.17 bits per heavy atom. The molecule has 1 heterocycles. The summed E-state index contributed by atoms with van der Waals surface area (Å²) in [6.07, 6.45) is 1.61. The minimum atomic E-state index is -3.46. The summed E-state index contributed by atoms with van der Waals surface area (Å²) < 4.78 is 27.4. The molecule has 0 spiro atoms. The fourth-order valence-electron chi connectivity index (χ4n) is 3.19. The summed E-state index contributed by atoms with van der Waals surface area (Å²) in [5.41, 5.74) is 2.70. The topological polar surface area (TPSA) is 70.9 Å². The zero-order chi connectivity index (χ0) is 20.9. The van der Waals surface area contributed by atoms with Crippen LogP contribution in [0, 0.1) is 6.92 Å². The Labute approximate surface area is 180 Å². The maximum atomic E-state index is 12.5. The summed E-state index contributed by atoms with van der Waals surface area (Å²) in [6.45, 7) is 4.30. The molecule has 154 valence electrons. The number of sulfonamides is 1. The molecule has 1 amide bonds. The van der Waals surface area contributed by atoms with Crippen LogP contribution in [0.25, 0.3) is 6.08 Å². The maximum Gasteiger partial charge on any atom is 0.279 e. The van der Waals surface area contributed by atoms with E-state index in [4.69, 9.17) is 0 Å². The van der Waals surface area contributed by atoms with Crippen LogP contribution in [-0.4, -0.2) is 51.4 Å². The van der Waals surface area contributed by atoms with Gasteiger partial charge in [0.1, 0.15) is 0 Å². The second kappa shape index (κ2) is 9.67. The van der Waals surface area contributed by atoms with Gasteiger partial charge in [0.2, 0.25) is 10.0 Å². The van der Waals surface area contributed by atoms with E-state index < -0.39 is 10.0 Å². The summed E-state index contributed by atoms with van der Waals surface area (Å²) in [6, 6.07) is 15.1. The lowest BCUT2D eigenvalue weighted by Gasteiger charge is -2.30. The van der Waals surface area contributed by atoms with Crippen molar-refractivity contribution in [2.45, 2.75) is 6.92 Å². The zero-order valence-corrected chi connectivity index (χ0v) is 18.7. The first-order chi connectivity index (χ1) is 13.8. The Morgan fingerprint density at radius 3 is 2.52 bits per heavy atom. The standard InChI is InChI=1S/C21H24BrN3O3S/c1-17-7-8-20(19(22)15-17)23-21(26)16-24-10-12-25(13-11-24)29(27,28)14-9-18-5-3-2-4-6-18/h2-9,14-15H,10-13,16H2,1H3,(H,23,26)/p+1/b14-9+. The van der Waals surface area contributed by atoms with E-state index in [1.807, 2.05) is 55.5 Å². The van der Waals surface area contributed by atoms with Crippen molar-refractivity contribution in [3.05, 3.63) is 69.5 Å². The second-order valence-electron chi connectivity index (χ2n) is 7.12. The molecule has 1 aliphatic heterocycles. The third-order valence-corrected chi connectivity index (χ3v) is 7.05. The molecule has 0 unspecified atom stereocenters. The number of nitrogens with one attached hydrogen (secondary N) is 2. The van der Waals surface area contributed by atoms with E-state index >= 15 is 0 Å². The number of piperazine rings is 1. The van der Waals surface area contributed by atoms with Gasteiger partial charge in [-0.2, -0.15) is 4.31 Å². The second-order valence-corrected chi connectivity index (χ2v) is 9.79. The molecular formula is C21H25BrN3O3S+. The lowest BCUT2D eigenvalue weighted by atomic mass is 10.2. The van der Waals surface area contributed by atoms with E-state index in [1.54, 1.807) is 6.08 Å². The highest BCUT2D eigenvalue weighted by Crippen LogP contribution is 2.23. The predicted octanol–water partition coefficient (Wildman–Crippen LogP) is 1.90. The molecule has 6 nitrogen and oxygen atoms in total. The van der Waals surface area contributed by atoms with Crippen LogP contribution in [0.2, 0.25) is 0 Å². The molecule has 2 aromatic carbocycles. The molecule has 0 bridgehead atoms. The summed E-state index contributed by atoms with van der Waals surface area (Å²) in [4.78, 5) is 13.4. The van der Waals surface area contributed by atoms with E-state index in [0.29, 0.717) is 32.7 Å². The largest absolute Gasteiger partial charge is 0.325 e. The zero-order valence-electron chi connectivity index (χ0n) is 16.3.